The van der Waals surface area contributed by atoms with Gasteiger partial charge in [0.25, 0.3) is 5.91 Å². The summed E-state index contributed by atoms with van der Waals surface area (Å²) in [6.45, 7) is 2.95. The van der Waals surface area contributed by atoms with E-state index in [1.807, 2.05) is 36.4 Å². The molecule has 3 rings (SSSR count). The number of aromatic hydroxyl groups is 1. The number of anilines is 1. The first kappa shape index (κ1) is 16.6. The first-order valence-electron chi connectivity index (χ1n) is 7.98. The van der Waals surface area contributed by atoms with Crippen molar-refractivity contribution in [3.8, 4) is 5.75 Å². The fraction of sp³-hybridized carbons (Fsp3) is 0.211. The SMILES string of the molecule is CCCNC1S/C(=C\c2ccc(O)cc2)C(=O)N1c1ccccc1. The summed E-state index contributed by atoms with van der Waals surface area (Å²) < 4.78 is 0. The Hall–Kier alpha value is -2.24. The first-order chi connectivity index (χ1) is 11.7. The van der Waals surface area contributed by atoms with E-state index >= 15 is 0 Å². The van der Waals surface area contributed by atoms with Crippen LogP contribution < -0.4 is 10.2 Å². The van der Waals surface area contributed by atoms with Crippen molar-refractivity contribution < 1.29 is 9.90 Å². The van der Waals surface area contributed by atoms with Gasteiger partial charge in [-0.2, -0.15) is 0 Å². The van der Waals surface area contributed by atoms with Crippen LogP contribution in [0.5, 0.6) is 5.75 Å². The number of phenols is 1. The van der Waals surface area contributed by atoms with Crippen molar-refractivity contribution in [2.24, 2.45) is 0 Å². The highest BCUT2D eigenvalue weighted by molar-refractivity contribution is 8.05. The Balaban J connectivity index is 1.90. The molecule has 5 heteroatoms. The van der Waals surface area contributed by atoms with Crippen molar-refractivity contribution >= 4 is 29.4 Å². The third-order valence-electron chi connectivity index (χ3n) is 3.70. The van der Waals surface area contributed by atoms with Crippen LogP contribution in [0.25, 0.3) is 6.08 Å². The number of phenolic OH excluding ortho intramolecular Hbond substituents is 1. The van der Waals surface area contributed by atoms with Crippen molar-refractivity contribution in [1.82, 2.24) is 5.32 Å². The molecule has 1 aliphatic rings. The number of carbonyl (C=O) groups is 1. The number of hydrogen-bond donors (Lipinski definition) is 2. The van der Waals surface area contributed by atoms with E-state index in [2.05, 4.69) is 12.2 Å². The zero-order valence-electron chi connectivity index (χ0n) is 13.5. The summed E-state index contributed by atoms with van der Waals surface area (Å²) in [5, 5.41) is 12.8. The molecule has 2 aromatic rings. The molecule has 2 N–H and O–H groups in total. The van der Waals surface area contributed by atoms with E-state index in [-0.39, 0.29) is 17.2 Å². The lowest BCUT2D eigenvalue weighted by Gasteiger charge is -2.24. The molecule has 0 radical (unpaired) electrons. The lowest BCUT2D eigenvalue weighted by molar-refractivity contribution is -0.114. The van der Waals surface area contributed by atoms with E-state index in [9.17, 15) is 9.90 Å². The van der Waals surface area contributed by atoms with Gasteiger partial charge in [-0.25, -0.2) is 0 Å². The van der Waals surface area contributed by atoms with Gasteiger partial charge in [0.05, 0.1) is 4.91 Å². The number of rotatable bonds is 5. The quantitative estimate of drug-likeness (QED) is 0.813. The van der Waals surface area contributed by atoms with E-state index in [0.717, 1.165) is 24.2 Å². The van der Waals surface area contributed by atoms with Crippen molar-refractivity contribution in [1.29, 1.82) is 0 Å². The van der Waals surface area contributed by atoms with Crippen LogP contribution in [0.2, 0.25) is 0 Å². The average Bonchev–Trinajstić information content (AvgIpc) is 2.91. The van der Waals surface area contributed by atoms with Crippen LogP contribution in [0.3, 0.4) is 0 Å². The summed E-state index contributed by atoms with van der Waals surface area (Å²) in [6, 6.07) is 16.6. The topological polar surface area (TPSA) is 52.6 Å². The molecular formula is C19H20N2O2S. The van der Waals surface area contributed by atoms with Crippen LogP contribution in [-0.2, 0) is 4.79 Å². The van der Waals surface area contributed by atoms with E-state index in [1.54, 1.807) is 29.2 Å². The monoisotopic (exact) mass is 340 g/mol. The van der Waals surface area contributed by atoms with E-state index < -0.39 is 0 Å². The van der Waals surface area contributed by atoms with Gasteiger partial charge in [-0.15, -0.1) is 0 Å². The largest absolute Gasteiger partial charge is 0.508 e. The molecule has 1 unspecified atom stereocenters. The summed E-state index contributed by atoms with van der Waals surface area (Å²) in [5.74, 6) is 0.212. The van der Waals surface area contributed by atoms with Crippen LogP contribution in [0, 0.1) is 0 Å². The highest BCUT2D eigenvalue weighted by atomic mass is 32.2. The summed E-state index contributed by atoms with van der Waals surface area (Å²) in [7, 11) is 0. The normalized spacial score (nSPS) is 19.2. The second-order valence-corrected chi connectivity index (χ2v) is 6.66. The molecule has 4 nitrogen and oxygen atoms in total. The van der Waals surface area contributed by atoms with Crippen LogP contribution in [-0.4, -0.2) is 23.1 Å². The van der Waals surface area contributed by atoms with Gasteiger partial charge in [0.1, 0.15) is 11.2 Å². The van der Waals surface area contributed by atoms with Gasteiger partial charge in [-0.05, 0) is 48.9 Å². The number of hydrogen-bond acceptors (Lipinski definition) is 4. The molecule has 0 aliphatic carbocycles. The summed E-state index contributed by atoms with van der Waals surface area (Å²) >= 11 is 1.52. The summed E-state index contributed by atoms with van der Waals surface area (Å²) in [5.41, 5.74) is 1.67. The fourth-order valence-corrected chi connectivity index (χ4v) is 3.68. The lowest BCUT2D eigenvalue weighted by Crippen LogP contribution is -2.42. The smallest absolute Gasteiger partial charge is 0.266 e. The molecular weight excluding hydrogens is 320 g/mol. The Kier molecular flexibility index (Phi) is 5.23. The molecule has 1 amide bonds. The second-order valence-electron chi connectivity index (χ2n) is 5.54. The molecule has 124 valence electrons. The summed E-state index contributed by atoms with van der Waals surface area (Å²) in [6.07, 6.45) is 2.88. The molecule has 0 saturated carbocycles. The van der Waals surface area contributed by atoms with Gasteiger partial charge in [-0.3, -0.25) is 15.0 Å². The highest BCUT2D eigenvalue weighted by Crippen LogP contribution is 2.38. The van der Waals surface area contributed by atoms with Gasteiger partial charge in [0.15, 0.2) is 0 Å². The molecule has 1 saturated heterocycles. The number of para-hydroxylation sites is 1. The number of nitrogens with zero attached hydrogens (tertiary/aromatic N) is 1. The zero-order chi connectivity index (χ0) is 16.9. The van der Waals surface area contributed by atoms with Crippen LogP contribution >= 0.6 is 11.8 Å². The third kappa shape index (κ3) is 3.63. The van der Waals surface area contributed by atoms with Crippen molar-refractivity contribution in [3.63, 3.8) is 0 Å². The molecule has 1 aliphatic heterocycles. The number of amides is 1. The standard InChI is InChI=1S/C19H20N2O2S/c1-2-12-20-19-21(15-6-4-3-5-7-15)18(23)17(24-19)13-14-8-10-16(22)11-9-14/h3-11,13,19-20,22H,2,12H2,1H3/b17-13-. The highest BCUT2D eigenvalue weighted by Gasteiger charge is 2.36. The Bertz CT molecular complexity index is 729. The maximum Gasteiger partial charge on any atom is 0.266 e. The van der Waals surface area contributed by atoms with Gasteiger partial charge < -0.3 is 5.11 Å². The predicted molar refractivity (Wildman–Crippen MR) is 99.7 cm³/mol. The van der Waals surface area contributed by atoms with E-state index in [4.69, 9.17) is 0 Å². The number of thioether (sulfide) groups is 1. The minimum atomic E-state index is -0.108. The molecule has 0 aromatic heterocycles. The van der Waals surface area contributed by atoms with E-state index in [1.165, 1.54) is 11.8 Å². The van der Waals surface area contributed by atoms with Crippen molar-refractivity contribution in [2.75, 3.05) is 11.4 Å². The van der Waals surface area contributed by atoms with Crippen LogP contribution in [0.4, 0.5) is 5.69 Å². The molecule has 1 atom stereocenters. The van der Waals surface area contributed by atoms with Crippen molar-refractivity contribution in [2.45, 2.75) is 18.8 Å². The Labute approximate surface area is 146 Å². The molecule has 2 aromatic carbocycles. The van der Waals surface area contributed by atoms with Crippen molar-refractivity contribution in [3.05, 3.63) is 65.1 Å². The number of benzene rings is 2. The fourth-order valence-electron chi connectivity index (χ4n) is 2.51. The molecule has 0 spiro atoms. The zero-order valence-corrected chi connectivity index (χ0v) is 14.3. The minimum Gasteiger partial charge on any atom is -0.508 e. The lowest BCUT2D eigenvalue weighted by atomic mass is 10.2. The molecule has 0 bridgehead atoms. The Morgan fingerprint density at radius 1 is 1.17 bits per heavy atom. The maximum absolute atomic E-state index is 12.9. The average molecular weight is 340 g/mol. The molecule has 1 fully saturated rings. The van der Waals surface area contributed by atoms with Gasteiger partial charge in [0.2, 0.25) is 0 Å². The molecule has 24 heavy (non-hydrogen) atoms. The van der Waals surface area contributed by atoms with Crippen LogP contribution in [0.1, 0.15) is 18.9 Å². The molecule has 1 heterocycles. The van der Waals surface area contributed by atoms with Gasteiger partial charge in [-0.1, -0.05) is 49.0 Å². The van der Waals surface area contributed by atoms with E-state index in [0.29, 0.717) is 4.91 Å². The Morgan fingerprint density at radius 2 is 1.88 bits per heavy atom. The first-order valence-corrected chi connectivity index (χ1v) is 8.86. The van der Waals surface area contributed by atoms with Crippen LogP contribution in [0.15, 0.2) is 59.5 Å². The number of carbonyl (C=O) groups excluding carboxylic acids is 1. The van der Waals surface area contributed by atoms with Gasteiger partial charge in [0, 0.05) is 5.69 Å². The minimum absolute atomic E-state index is 0.00659. The predicted octanol–water partition coefficient (Wildman–Crippen LogP) is 3.80. The maximum atomic E-state index is 12.9. The Morgan fingerprint density at radius 3 is 2.54 bits per heavy atom. The number of nitrogens with one attached hydrogen (secondary N) is 1. The second kappa shape index (κ2) is 7.55. The summed E-state index contributed by atoms with van der Waals surface area (Å²) in [4.78, 5) is 15.4. The van der Waals surface area contributed by atoms with Gasteiger partial charge >= 0.3 is 0 Å². The third-order valence-corrected chi connectivity index (χ3v) is 4.84.